The smallest absolute Gasteiger partial charge is 0.119 e. The number of aliphatic hydroxyl groups excluding tert-OH is 1. The lowest BCUT2D eigenvalue weighted by Gasteiger charge is -2.10. The third-order valence-corrected chi connectivity index (χ3v) is 1.75. The molecule has 1 aromatic carbocycles. The molecule has 0 radical (unpaired) electrons. The van der Waals surface area contributed by atoms with Crippen LogP contribution < -0.4 is 10.6 Å². The normalized spacial score (nSPS) is 12.5. The van der Waals surface area contributed by atoms with Gasteiger partial charge in [0.1, 0.15) is 18.5 Å². The number of ether oxygens (including phenoxy) is 1. The summed E-state index contributed by atoms with van der Waals surface area (Å²) in [7, 11) is 0. The molecule has 1 atom stereocenters. The van der Waals surface area contributed by atoms with Crippen LogP contribution in [0.3, 0.4) is 0 Å². The fraction of sp³-hybridized carbons (Fsp3) is 0.400. The zero-order valence-corrected chi connectivity index (χ0v) is 8.14. The van der Waals surface area contributed by atoms with Gasteiger partial charge in [0.15, 0.2) is 0 Å². The van der Waals surface area contributed by atoms with Crippen LogP contribution in [0.1, 0.15) is 5.56 Å². The lowest BCUT2D eigenvalue weighted by Crippen LogP contribution is -2.25. The van der Waals surface area contributed by atoms with E-state index in [1.54, 1.807) is 0 Å². The lowest BCUT2D eigenvalue weighted by molar-refractivity contribution is 0.0116. The van der Waals surface area contributed by atoms with Crippen molar-refractivity contribution in [1.29, 1.82) is 0 Å². The standard InChI is InChI=1S/C10H15NO3/c1-8-2-4-10(5-3-8)13-6-9(12)7-14-11/h2-5,9,12H,6-7,11H2,1H3/t9-/m0/s1. The van der Waals surface area contributed by atoms with E-state index in [1.165, 1.54) is 5.56 Å². The minimum absolute atomic E-state index is 0.0753. The zero-order valence-electron chi connectivity index (χ0n) is 8.14. The first-order chi connectivity index (χ1) is 6.72. The molecule has 0 fully saturated rings. The summed E-state index contributed by atoms with van der Waals surface area (Å²) in [5.74, 6) is 5.53. The summed E-state index contributed by atoms with van der Waals surface area (Å²) in [6, 6.07) is 7.60. The summed E-state index contributed by atoms with van der Waals surface area (Å²) in [6.07, 6.45) is -0.693. The molecule has 0 saturated heterocycles. The third-order valence-electron chi connectivity index (χ3n) is 1.75. The van der Waals surface area contributed by atoms with Crippen molar-refractivity contribution in [3.63, 3.8) is 0 Å². The summed E-state index contributed by atoms with van der Waals surface area (Å²) in [5, 5.41) is 9.24. The topological polar surface area (TPSA) is 64.7 Å². The van der Waals surface area contributed by atoms with Gasteiger partial charge in [-0.15, -0.1) is 0 Å². The van der Waals surface area contributed by atoms with E-state index in [4.69, 9.17) is 10.6 Å². The van der Waals surface area contributed by atoms with Crippen molar-refractivity contribution >= 4 is 0 Å². The predicted molar refractivity (Wildman–Crippen MR) is 52.8 cm³/mol. The van der Waals surface area contributed by atoms with Gasteiger partial charge in [0.05, 0.1) is 6.61 Å². The predicted octanol–water partition coefficient (Wildman–Crippen LogP) is 0.625. The van der Waals surface area contributed by atoms with Gasteiger partial charge < -0.3 is 14.7 Å². The van der Waals surface area contributed by atoms with Gasteiger partial charge >= 0.3 is 0 Å². The highest BCUT2D eigenvalue weighted by atomic mass is 16.6. The Morgan fingerprint density at radius 1 is 1.29 bits per heavy atom. The Hall–Kier alpha value is -1.10. The van der Waals surface area contributed by atoms with Crippen molar-refractivity contribution in [2.75, 3.05) is 13.2 Å². The molecule has 4 heteroatoms. The van der Waals surface area contributed by atoms with Crippen molar-refractivity contribution in [2.45, 2.75) is 13.0 Å². The Morgan fingerprint density at radius 3 is 2.50 bits per heavy atom. The number of aryl methyl sites for hydroxylation is 1. The quantitative estimate of drug-likeness (QED) is 0.679. The van der Waals surface area contributed by atoms with E-state index in [2.05, 4.69) is 4.84 Å². The van der Waals surface area contributed by atoms with E-state index in [-0.39, 0.29) is 13.2 Å². The molecule has 0 aliphatic heterocycles. The highest BCUT2D eigenvalue weighted by Gasteiger charge is 2.04. The second-order valence-electron chi connectivity index (χ2n) is 3.11. The van der Waals surface area contributed by atoms with Crippen LogP contribution in [0.15, 0.2) is 24.3 Å². The molecule has 14 heavy (non-hydrogen) atoms. The molecular formula is C10H15NO3. The first-order valence-corrected chi connectivity index (χ1v) is 4.41. The van der Waals surface area contributed by atoms with Crippen LogP contribution in [0.5, 0.6) is 5.75 Å². The minimum atomic E-state index is -0.693. The molecule has 0 aliphatic carbocycles. The first kappa shape index (κ1) is 11.0. The molecule has 0 amide bonds. The van der Waals surface area contributed by atoms with Crippen molar-refractivity contribution in [1.82, 2.24) is 0 Å². The summed E-state index contributed by atoms with van der Waals surface area (Å²) in [6.45, 7) is 2.26. The fourth-order valence-electron chi connectivity index (χ4n) is 0.986. The van der Waals surface area contributed by atoms with Crippen LogP contribution in [-0.4, -0.2) is 24.4 Å². The summed E-state index contributed by atoms with van der Waals surface area (Å²) >= 11 is 0. The molecule has 3 N–H and O–H groups in total. The SMILES string of the molecule is Cc1ccc(OC[C@H](O)CON)cc1. The molecule has 0 heterocycles. The van der Waals surface area contributed by atoms with Gasteiger partial charge in [0.2, 0.25) is 0 Å². The monoisotopic (exact) mass is 197 g/mol. The highest BCUT2D eigenvalue weighted by molar-refractivity contribution is 5.26. The lowest BCUT2D eigenvalue weighted by atomic mass is 10.2. The molecular weight excluding hydrogens is 182 g/mol. The fourth-order valence-corrected chi connectivity index (χ4v) is 0.986. The Morgan fingerprint density at radius 2 is 1.93 bits per heavy atom. The first-order valence-electron chi connectivity index (χ1n) is 4.41. The molecule has 0 saturated carbocycles. The van der Waals surface area contributed by atoms with Gasteiger partial charge in [-0.25, -0.2) is 5.90 Å². The number of benzene rings is 1. The van der Waals surface area contributed by atoms with Gasteiger partial charge in [-0.2, -0.15) is 0 Å². The van der Waals surface area contributed by atoms with Crippen LogP contribution in [0.2, 0.25) is 0 Å². The average Bonchev–Trinajstić information content (AvgIpc) is 2.17. The van der Waals surface area contributed by atoms with E-state index in [0.717, 1.165) is 5.75 Å². The molecule has 1 aromatic rings. The number of nitrogens with two attached hydrogens (primary N) is 1. The van der Waals surface area contributed by atoms with E-state index in [9.17, 15) is 5.11 Å². The van der Waals surface area contributed by atoms with E-state index >= 15 is 0 Å². The Bertz CT molecular complexity index is 261. The molecule has 1 rings (SSSR count). The number of hydrogen-bond donors (Lipinski definition) is 2. The van der Waals surface area contributed by atoms with Gasteiger partial charge in [-0.05, 0) is 19.1 Å². The molecule has 0 spiro atoms. The number of rotatable bonds is 5. The van der Waals surface area contributed by atoms with Gasteiger partial charge in [-0.1, -0.05) is 17.7 Å². The van der Waals surface area contributed by atoms with Crippen LogP contribution in [0.25, 0.3) is 0 Å². The van der Waals surface area contributed by atoms with Crippen LogP contribution in [0, 0.1) is 6.92 Å². The second-order valence-corrected chi connectivity index (χ2v) is 3.11. The van der Waals surface area contributed by atoms with Crippen LogP contribution in [-0.2, 0) is 4.84 Å². The second kappa shape index (κ2) is 5.59. The van der Waals surface area contributed by atoms with Crippen LogP contribution >= 0.6 is 0 Å². The van der Waals surface area contributed by atoms with Gasteiger partial charge in [0, 0.05) is 0 Å². The minimum Gasteiger partial charge on any atom is -0.491 e. The van der Waals surface area contributed by atoms with Crippen molar-refractivity contribution in [3.05, 3.63) is 29.8 Å². The molecule has 0 unspecified atom stereocenters. The van der Waals surface area contributed by atoms with Crippen LogP contribution in [0.4, 0.5) is 0 Å². The maximum absolute atomic E-state index is 9.24. The molecule has 0 aliphatic rings. The summed E-state index contributed by atoms with van der Waals surface area (Å²) in [5.41, 5.74) is 1.17. The van der Waals surface area contributed by atoms with Gasteiger partial charge in [-0.3, -0.25) is 0 Å². The Kier molecular flexibility index (Phi) is 4.39. The van der Waals surface area contributed by atoms with E-state index in [0.29, 0.717) is 0 Å². The van der Waals surface area contributed by atoms with Crippen molar-refractivity contribution in [2.24, 2.45) is 5.90 Å². The number of aliphatic hydroxyl groups is 1. The highest BCUT2D eigenvalue weighted by Crippen LogP contribution is 2.11. The number of hydrogen-bond acceptors (Lipinski definition) is 4. The molecule has 0 bridgehead atoms. The summed E-state index contributed by atoms with van der Waals surface area (Å²) < 4.78 is 5.29. The largest absolute Gasteiger partial charge is 0.491 e. The third kappa shape index (κ3) is 3.74. The van der Waals surface area contributed by atoms with Crippen molar-refractivity contribution in [3.8, 4) is 5.75 Å². The Labute approximate surface area is 83.2 Å². The van der Waals surface area contributed by atoms with Crippen molar-refractivity contribution < 1.29 is 14.7 Å². The molecule has 78 valence electrons. The van der Waals surface area contributed by atoms with E-state index in [1.807, 2.05) is 31.2 Å². The van der Waals surface area contributed by atoms with Gasteiger partial charge in [0.25, 0.3) is 0 Å². The average molecular weight is 197 g/mol. The maximum Gasteiger partial charge on any atom is 0.119 e. The zero-order chi connectivity index (χ0) is 10.4. The molecule has 4 nitrogen and oxygen atoms in total. The summed E-state index contributed by atoms with van der Waals surface area (Å²) in [4.78, 5) is 4.28. The molecule has 0 aromatic heterocycles. The Balaban J connectivity index is 2.34. The van der Waals surface area contributed by atoms with E-state index < -0.39 is 6.10 Å². The maximum atomic E-state index is 9.24.